The van der Waals surface area contributed by atoms with E-state index in [1.807, 2.05) is 0 Å². The highest BCUT2D eigenvalue weighted by Gasteiger charge is 2.34. The van der Waals surface area contributed by atoms with Gasteiger partial charge in [-0.1, -0.05) is 18.7 Å². The van der Waals surface area contributed by atoms with Crippen molar-refractivity contribution in [2.75, 3.05) is 6.54 Å². The van der Waals surface area contributed by atoms with Gasteiger partial charge in [-0.3, -0.25) is 9.78 Å². The summed E-state index contributed by atoms with van der Waals surface area (Å²) in [4.78, 5) is 15.1. The summed E-state index contributed by atoms with van der Waals surface area (Å²) in [6.07, 6.45) is 1.40. The molecule has 0 bridgehead atoms. The van der Waals surface area contributed by atoms with Crippen molar-refractivity contribution < 1.29 is 35.9 Å². The first-order chi connectivity index (χ1) is 14.1. The van der Waals surface area contributed by atoms with Crippen molar-refractivity contribution in [3.63, 3.8) is 0 Å². The molecule has 1 aromatic carbocycles. The molecule has 0 aliphatic carbocycles. The maximum absolute atomic E-state index is 13.5. The second kappa shape index (κ2) is 9.77. The Morgan fingerprint density at radius 3 is 2.43 bits per heavy atom. The molecule has 0 unspecified atom stereocenters. The van der Waals surface area contributed by atoms with Gasteiger partial charge < -0.3 is 10.1 Å². The van der Waals surface area contributed by atoms with Crippen molar-refractivity contribution in [2.24, 2.45) is 0 Å². The Balaban J connectivity index is 2.11. The van der Waals surface area contributed by atoms with Crippen LogP contribution in [-0.4, -0.2) is 17.4 Å². The molecular weight excluding hydrogens is 414 g/mol. The minimum absolute atomic E-state index is 0.156. The lowest BCUT2D eigenvalue weighted by molar-refractivity contribution is -0.138. The monoisotopic (exact) mass is 428 g/mol. The van der Waals surface area contributed by atoms with Crippen LogP contribution in [0.15, 0.2) is 67.2 Å². The molecule has 0 fully saturated rings. The number of hydrogen-bond acceptors (Lipinski definition) is 3. The summed E-state index contributed by atoms with van der Waals surface area (Å²) in [7, 11) is 0. The lowest BCUT2D eigenvalue weighted by atomic mass is 10.2. The second-order valence-corrected chi connectivity index (χ2v) is 5.64. The Kier molecular flexibility index (Phi) is 7.40. The fraction of sp³-hybridized carbons (Fsp3) is 0.100. The Bertz CT molecular complexity index is 979. The highest BCUT2D eigenvalue weighted by atomic mass is 19.4. The third-order valence-corrected chi connectivity index (χ3v) is 3.50. The summed E-state index contributed by atoms with van der Waals surface area (Å²) in [5, 5.41) is 2.20. The van der Waals surface area contributed by atoms with E-state index in [-0.39, 0.29) is 12.3 Å². The van der Waals surface area contributed by atoms with Crippen LogP contribution < -0.4 is 10.1 Å². The van der Waals surface area contributed by atoms with Crippen LogP contribution in [-0.2, 0) is 6.18 Å². The number of benzene rings is 1. The van der Waals surface area contributed by atoms with Gasteiger partial charge >= 0.3 is 6.18 Å². The molecular formula is C20H14F6N2O2. The van der Waals surface area contributed by atoms with Crippen LogP contribution in [0.2, 0.25) is 0 Å². The van der Waals surface area contributed by atoms with Gasteiger partial charge in [0.15, 0.2) is 11.6 Å². The SMILES string of the molecule is C=C/C=C(\C=C/CNC(=O)c1c(F)cncc1F)Oc1cc(F)ccc1C(F)(F)F. The van der Waals surface area contributed by atoms with E-state index >= 15 is 0 Å². The molecule has 0 spiro atoms. The minimum atomic E-state index is -4.78. The van der Waals surface area contributed by atoms with Crippen LogP contribution >= 0.6 is 0 Å². The Morgan fingerprint density at radius 1 is 1.17 bits per heavy atom. The Morgan fingerprint density at radius 2 is 1.83 bits per heavy atom. The number of alkyl halides is 3. The Hall–Kier alpha value is -3.56. The van der Waals surface area contributed by atoms with Gasteiger partial charge in [-0.05, 0) is 24.3 Å². The maximum atomic E-state index is 13.5. The third kappa shape index (κ3) is 5.97. The summed E-state index contributed by atoms with van der Waals surface area (Å²) in [5.74, 6) is -5.23. The van der Waals surface area contributed by atoms with E-state index in [9.17, 15) is 31.1 Å². The first kappa shape index (κ1) is 22.7. The molecule has 1 heterocycles. The predicted molar refractivity (Wildman–Crippen MR) is 95.9 cm³/mol. The fourth-order valence-electron chi connectivity index (χ4n) is 2.22. The zero-order valence-corrected chi connectivity index (χ0v) is 15.1. The van der Waals surface area contributed by atoms with Gasteiger partial charge in [0.2, 0.25) is 0 Å². The van der Waals surface area contributed by atoms with Crippen molar-refractivity contribution in [3.05, 3.63) is 95.8 Å². The molecule has 4 nitrogen and oxygen atoms in total. The number of allylic oxidation sites excluding steroid dienone is 3. The molecule has 1 amide bonds. The molecule has 0 aliphatic rings. The first-order valence-corrected chi connectivity index (χ1v) is 8.24. The number of ether oxygens (including phenoxy) is 1. The van der Waals surface area contributed by atoms with Crippen LogP contribution in [0.3, 0.4) is 0 Å². The quantitative estimate of drug-likeness (QED) is 0.386. The van der Waals surface area contributed by atoms with Gasteiger partial charge in [0.1, 0.15) is 22.9 Å². The molecule has 0 saturated heterocycles. The van der Waals surface area contributed by atoms with E-state index in [0.29, 0.717) is 30.6 Å². The minimum Gasteiger partial charge on any atom is -0.457 e. The largest absolute Gasteiger partial charge is 0.457 e. The van der Waals surface area contributed by atoms with Gasteiger partial charge in [-0.2, -0.15) is 13.2 Å². The van der Waals surface area contributed by atoms with E-state index in [1.165, 1.54) is 24.3 Å². The molecule has 0 atom stereocenters. The van der Waals surface area contributed by atoms with Crippen molar-refractivity contribution in [1.82, 2.24) is 10.3 Å². The van der Waals surface area contributed by atoms with Crippen molar-refractivity contribution in [3.8, 4) is 5.75 Å². The number of amides is 1. The molecule has 1 N–H and O–H groups in total. The van der Waals surface area contributed by atoms with Crippen LogP contribution in [0, 0.1) is 17.5 Å². The summed E-state index contributed by atoms with van der Waals surface area (Å²) < 4.78 is 84.7. The standard InChI is InChI=1S/C20H14F6N2O2/c1-2-4-13(30-17-9-12(21)6-7-14(17)20(24,25)26)5-3-8-28-19(29)18-15(22)10-27-11-16(18)23/h2-7,9-11H,1,8H2,(H,28,29)/b5-3-,13-4+. The number of carbonyl (C=O) groups is 1. The van der Waals surface area contributed by atoms with Crippen molar-refractivity contribution in [2.45, 2.75) is 6.18 Å². The molecule has 30 heavy (non-hydrogen) atoms. The van der Waals surface area contributed by atoms with E-state index in [0.717, 1.165) is 0 Å². The number of hydrogen-bond donors (Lipinski definition) is 1. The summed E-state index contributed by atoms with van der Waals surface area (Å²) >= 11 is 0. The van der Waals surface area contributed by atoms with Crippen LogP contribution in [0.1, 0.15) is 15.9 Å². The van der Waals surface area contributed by atoms with E-state index in [1.54, 1.807) is 0 Å². The van der Waals surface area contributed by atoms with Gasteiger partial charge in [0, 0.05) is 12.6 Å². The number of nitrogens with one attached hydrogen (secondary N) is 1. The van der Waals surface area contributed by atoms with Crippen molar-refractivity contribution in [1.29, 1.82) is 0 Å². The summed E-state index contributed by atoms with van der Waals surface area (Å²) in [6.45, 7) is 3.16. The molecule has 0 radical (unpaired) electrons. The molecule has 1 aromatic heterocycles. The molecule has 2 rings (SSSR count). The fourth-order valence-corrected chi connectivity index (χ4v) is 2.22. The van der Waals surface area contributed by atoms with Crippen LogP contribution in [0.25, 0.3) is 0 Å². The highest BCUT2D eigenvalue weighted by Crippen LogP contribution is 2.37. The van der Waals surface area contributed by atoms with E-state index < -0.39 is 46.4 Å². The predicted octanol–water partition coefficient (Wildman–Crippen LogP) is 4.95. The number of nitrogens with zero attached hydrogens (tertiary/aromatic N) is 1. The van der Waals surface area contributed by atoms with E-state index in [2.05, 4.69) is 16.9 Å². The van der Waals surface area contributed by atoms with Gasteiger partial charge in [-0.15, -0.1) is 0 Å². The van der Waals surface area contributed by atoms with Crippen molar-refractivity contribution >= 4 is 5.91 Å². The van der Waals surface area contributed by atoms with Gasteiger partial charge in [-0.25, -0.2) is 13.2 Å². The molecule has 0 saturated carbocycles. The topological polar surface area (TPSA) is 51.2 Å². The number of rotatable bonds is 7. The molecule has 0 aliphatic heterocycles. The zero-order chi connectivity index (χ0) is 22.3. The third-order valence-electron chi connectivity index (χ3n) is 3.50. The number of halogens is 6. The lowest BCUT2D eigenvalue weighted by Gasteiger charge is -2.14. The lowest BCUT2D eigenvalue weighted by Crippen LogP contribution is -2.25. The van der Waals surface area contributed by atoms with Crippen LogP contribution in [0.4, 0.5) is 26.3 Å². The maximum Gasteiger partial charge on any atom is 0.419 e. The second-order valence-electron chi connectivity index (χ2n) is 5.64. The molecule has 158 valence electrons. The average molecular weight is 428 g/mol. The highest BCUT2D eigenvalue weighted by molar-refractivity contribution is 5.94. The number of aromatic nitrogens is 1. The van der Waals surface area contributed by atoms with Gasteiger partial charge in [0.05, 0.1) is 18.0 Å². The number of carbonyl (C=O) groups excluding carboxylic acids is 1. The van der Waals surface area contributed by atoms with Crippen LogP contribution in [0.5, 0.6) is 5.75 Å². The first-order valence-electron chi connectivity index (χ1n) is 8.24. The summed E-state index contributed by atoms with van der Waals surface area (Å²) in [5.41, 5.74) is -2.02. The number of pyridine rings is 1. The molecule has 2 aromatic rings. The van der Waals surface area contributed by atoms with Gasteiger partial charge in [0.25, 0.3) is 5.91 Å². The van der Waals surface area contributed by atoms with E-state index in [4.69, 9.17) is 4.74 Å². The summed E-state index contributed by atoms with van der Waals surface area (Å²) in [6, 6.07) is 1.76. The Labute approximate surface area is 167 Å². The normalized spacial score (nSPS) is 12.1. The molecule has 10 heteroatoms. The average Bonchev–Trinajstić information content (AvgIpc) is 2.64. The smallest absolute Gasteiger partial charge is 0.419 e. The zero-order valence-electron chi connectivity index (χ0n) is 15.1.